The van der Waals surface area contributed by atoms with Crippen molar-refractivity contribution in [3.05, 3.63) is 103 Å². The Hall–Kier alpha value is -5.42. The lowest BCUT2D eigenvalue weighted by molar-refractivity contribution is 0.102. The van der Waals surface area contributed by atoms with Gasteiger partial charge in [0.15, 0.2) is 10.3 Å². The Morgan fingerprint density at radius 2 is 1.04 bits per heavy atom. The molecule has 5 heterocycles. The van der Waals surface area contributed by atoms with E-state index >= 15 is 0 Å². The highest BCUT2D eigenvalue weighted by Gasteiger charge is 2.22. The second-order valence-electron chi connectivity index (χ2n) is 12.4. The van der Waals surface area contributed by atoms with Crippen LogP contribution in [0.1, 0.15) is 42.1 Å². The van der Waals surface area contributed by atoms with E-state index < -0.39 is 0 Å². The number of aromatic nitrogens is 6. The van der Waals surface area contributed by atoms with Crippen molar-refractivity contribution in [2.45, 2.75) is 27.7 Å². The number of hydrogen-bond acceptors (Lipinski definition) is 14. The van der Waals surface area contributed by atoms with Crippen LogP contribution < -0.4 is 31.1 Å². The highest BCUT2D eigenvalue weighted by atomic mass is 35.5. The summed E-state index contributed by atoms with van der Waals surface area (Å²) in [7, 11) is 0. The van der Waals surface area contributed by atoms with Gasteiger partial charge < -0.3 is 31.1 Å². The fourth-order valence-electron chi connectivity index (χ4n) is 5.74. The molecule has 1 aliphatic heterocycles. The largest absolute Gasteiger partial charge is 0.353 e. The number of amides is 2. The zero-order valence-corrected chi connectivity index (χ0v) is 32.7. The molecule has 0 saturated carbocycles. The molecule has 0 spiro atoms. The minimum absolute atomic E-state index is 0.294. The molecule has 0 aliphatic carbocycles. The monoisotopic (exact) mass is 800 g/mol. The molecule has 4 aromatic heterocycles. The summed E-state index contributed by atoms with van der Waals surface area (Å²) in [4.78, 5) is 58.5. The Bertz CT molecular complexity index is 2160. The number of nitrogens with one attached hydrogen (secondary N) is 4. The molecule has 1 aliphatic rings. The van der Waals surface area contributed by atoms with Crippen LogP contribution in [0.25, 0.3) is 0 Å². The molecule has 2 amide bonds. The first-order valence-corrected chi connectivity index (χ1v) is 19.2. The summed E-state index contributed by atoms with van der Waals surface area (Å²) in [6, 6.07) is 14.7. The number of thiazole rings is 2. The number of carbonyl (C=O) groups excluding carboxylic acids is 2. The number of rotatable bonds is 10. The number of aryl methyl sites for hydroxylation is 4. The SMILES string of the molecule is Cc1nc(Nc2ncc(C(=O)Nc3c(C)cccc3Cl)s2)cc(N2CCN(c3cc(Nc4ncc(C(=O)Nc5c(C)cccc5Cl)s4)nc(C)n3)CC2)n1. The summed E-state index contributed by atoms with van der Waals surface area (Å²) in [5.41, 5.74) is 2.89. The van der Waals surface area contributed by atoms with E-state index in [-0.39, 0.29) is 11.8 Å². The van der Waals surface area contributed by atoms with Gasteiger partial charge in [-0.1, -0.05) is 70.1 Å². The maximum absolute atomic E-state index is 12.9. The fraction of sp³-hybridized carbons (Fsp3) is 0.222. The van der Waals surface area contributed by atoms with Gasteiger partial charge in [-0.25, -0.2) is 29.9 Å². The number of anilines is 8. The topological polar surface area (TPSA) is 166 Å². The Morgan fingerprint density at radius 3 is 1.43 bits per heavy atom. The van der Waals surface area contributed by atoms with E-state index in [0.29, 0.717) is 90.9 Å². The summed E-state index contributed by atoms with van der Waals surface area (Å²) < 4.78 is 0. The summed E-state index contributed by atoms with van der Waals surface area (Å²) >= 11 is 15.0. The van der Waals surface area contributed by atoms with Crippen LogP contribution in [0, 0.1) is 27.7 Å². The number of piperazine rings is 1. The third-order valence-corrected chi connectivity index (χ3v) is 10.9. The number of benzene rings is 2. The van der Waals surface area contributed by atoms with E-state index in [1.807, 2.05) is 64.1 Å². The van der Waals surface area contributed by atoms with Crippen molar-refractivity contribution in [3.8, 4) is 0 Å². The van der Waals surface area contributed by atoms with E-state index in [1.165, 1.54) is 35.1 Å². The lowest BCUT2D eigenvalue weighted by atomic mass is 10.2. The van der Waals surface area contributed by atoms with Gasteiger partial charge in [0.25, 0.3) is 11.8 Å². The van der Waals surface area contributed by atoms with Gasteiger partial charge in [0.2, 0.25) is 0 Å². The van der Waals surface area contributed by atoms with Crippen LogP contribution in [0.5, 0.6) is 0 Å². The first-order valence-electron chi connectivity index (χ1n) is 16.8. The van der Waals surface area contributed by atoms with Gasteiger partial charge in [0, 0.05) is 38.3 Å². The molecule has 0 atom stereocenters. The predicted molar refractivity (Wildman–Crippen MR) is 217 cm³/mol. The van der Waals surface area contributed by atoms with Gasteiger partial charge in [0.05, 0.1) is 33.8 Å². The van der Waals surface area contributed by atoms with Crippen LogP contribution >= 0.6 is 45.9 Å². The van der Waals surface area contributed by atoms with Gasteiger partial charge >= 0.3 is 0 Å². The molecular formula is C36H34Cl2N12O2S2. The third kappa shape index (κ3) is 8.52. The summed E-state index contributed by atoms with van der Waals surface area (Å²) in [5, 5.41) is 14.2. The van der Waals surface area contributed by atoms with Crippen molar-refractivity contribution < 1.29 is 9.59 Å². The Kier molecular flexibility index (Phi) is 10.9. The average molecular weight is 802 g/mol. The van der Waals surface area contributed by atoms with E-state index in [0.717, 1.165) is 22.8 Å². The van der Waals surface area contributed by atoms with Crippen molar-refractivity contribution in [3.63, 3.8) is 0 Å². The zero-order valence-electron chi connectivity index (χ0n) is 29.6. The average Bonchev–Trinajstić information content (AvgIpc) is 3.81. The predicted octanol–water partition coefficient (Wildman–Crippen LogP) is 8.04. The molecule has 276 valence electrons. The molecule has 0 unspecified atom stereocenters. The van der Waals surface area contributed by atoms with Crippen molar-refractivity contribution in [1.29, 1.82) is 0 Å². The molecule has 0 radical (unpaired) electrons. The second-order valence-corrected chi connectivity index (χ2v) is 15.2. The molecular weight excluding hydrogens is 768 g/mol. The molecule has 4 N–H and O–H groups in total. The van der Waals surface area contributed by atoms with Crippen molar-refractivity contribution >= 4 is 103 Å². The number of hydrogen-bond donors (Lipinski definition) is 4. The molecule has 14 nitrogen and oxygen atoms in total. The summed E-state index contributed by atoms with van der Waals surface area (Å²) in [6.45, 7) is 10.2. The van der Waals surface area contributed by atoms with Gasteiger partial charge in [-0.2, -0.15) is 0 Å². The van der Waals surface area contributed by atoms with E-state index in [9.17, 15) is 9.59 Å². The van der Waals surface area contributed by atoms with Gasteiger partial charge in [-0.15, -0.1) is 0 Å². The third-order valence-electron chi connectivity index (χ3n) is 8.43. The smallest absolute Gasteiger partial charge is 0.267 e. The van der Waals surface area contributed by atoms with Crippen LogP contribution in [-0.2, 0) is 0 Å². The Labute approximate surface area is 329 Å². The Balaban J connectivity index is 0.964. The molecule has 1 saturated heterocycles. The summed E-state index contributed by atoms with van der Waals surface area (Å²) in [6.07, 6.45) is 3.05. The highest BCUT2D eigenvalue weighted by Crippen LogP contribution is 2.31. The van der Waals surface area contributed by atoms with Crippen molar-refractivity contribution in [2.24, 2.45) is 0 Å². The quantitative estimate of drug-likeness (QED) is 0.106. The number of para-hydroxylation sites is 2. The van der Waals surface area contributed by atoms with E-state index in [4.69, 9.17) is 33.2 Å². The first-order chi connectivity index (χ1) is 26.0. The van der Waals surface area contributed by atoms with E-state index in [2.05, 4.69) is 51.0 Å². The summed E-state index contributed by atoms with van der Waals surface area (Å²) in [5.74, 6) is 3.33. The molecule has 54 heavy (non-hydrogen) atoms. The molecule has 2 aromatic carbocycles. The lowest BCUT2D eigenvalue weighted by Crippen LogP contribution is -2.47. The lowest BCUT2D eigenvalue weighted by Gasteiger charge is -2.36. The van der Waals surface area contributed by atoms with Gasteiger partial charge in [-0.05, 0) is 51.0 Å². The first kappa shape index (κ1) is 36.9. The van der Waals surface area contributed by atoms with Gasteiger partial charge in [0.1, 0.15) is 44.7 Å². The molecule has 1 fully saturated rings. The maximum Gasteiger partial charge on any atom is 0.267 e. The number of halogens is 2. The molecule has 18 heteroatoms. The fourth-order valence-corrected chi connectivity index (χ4v) is 7.72. The zero-order chi connectivity index (χ0) is 37.9. The molecule has 6 aromatic rings. The van der Waals surface area contributed by atoms with Crippen LogP contribution in [-0.4, -0.2) is 67.9 Å². The minimum atomic E-state index is -0.294. The van der Waals surface area contributed by atoms with Crippen LogP contribution in [0.2, 0.25) is 10.0 Å². The standard InChI is InChI=1S/C36H34Cl2N12O2S2/c1-19-7-5-9-23(37)31(19)47-33(51)25-17-39-35(53-25)45-27-15-29(43-21(3)41-27)49-11-13-50(14-12-49)30-16-28(42-22(4)44-30)46-36-40-18-26(54-36)34(52)48-32-20(2)8-6-10-24(32)38/h5-10,15-18H,11-14H2,1-4H3,(H,47,51)(H,48,52)(H,39,41,43,45)(H,40,42,44,46). The molecule has 0 bridgehead atoms. The molecule has 7 rings (SSSR count). The van der Waals surface area contributed by atoms with Gasteiger partial charge in [-0.3, -0.25) is 9.59 Å². The highest BCUT2D eigenvalue weighted by molar-refractivity contribution is 7.18. The van der Waals surface area contributed by atoms with E-state index in [1.54, 1.807) is 12.1 Å². The van der Waals surface area contributed by atoms with Crippen molar-refractivity contribution in [2.75, 3.05) is 57.2 Å². The van der Waals surface area contributed by atoms with Crippen LogP contribution in [0.4, 0.5) is 44.9 Å². The van der Waals surface area contributed by atoms with Crippen LogP contribution in [0.15, 0.2) is 60.9 Å². The number of carbonyl (C=O) groups is 2. The normalized spacial score (nSPS) is 12.8. The second kappa shape index (κ2) is 15.9. The number of nitrogens with zero attached hydrogens (tertiary/aromatic N) is 8. The van der Waals surface area contributed by atoms with Crippen LogP contribution in [0.3, 0.4) is 0 Å². The maximum atomic E-state index is 12.9. The minimum Gasteiger partial charge on any atom is -0.353 e. The van der Waals surface area contributed by atoms with Crippen molar-refractivity contribution in [1.82, 2.24) is 29.9 Å². The Morgan fingerprint density at radius 1 is 0.630 bits per heavy atom.